The fourth-order valence-electron chi connectivity index (χ4n) is 2.40. The lowest BCUT2D eigenvalue weighted by Crippen LogP contribution is -2.24. The van der Waals surface area contributed by atoms with Crippen LogP contribution in [0.15, 0.2) is 86.2 Å². The van der Waals surface area contributed by atoms with Gasteiger partial charge in [0.05, 0.1) is 0 Å². The number of hydrogen-bond donors (Lipinski definition) is 0. The van der Waals surface area contributed by atoms with Crippen LogP contribution in [0, 0.1) is 0 Å². The molecule has 0 spiro atoms. The van der Waals surface area contributed by atoms with Crippen LogP contribution in [0.1, 0.15) is 0 Å². The highest BCUT2D eigenvalue weighted by atomic mass is 79.9. The van der Waals surface area contributed by atoms with Crippen LogP contribution in [0.5, 0.6) is 0 Å². The maximum absolute atomic E-state index is 14.1. The molecule has 0 fully saturated rings. The summed E-state index contributed by atoms with van der Waals surface area (Å²) < 4.78 is 17.0. The Balaban J connectivity index is 2.24. The highest BCUT2D eigenvalue weighted by Gasteiger charge is 2.29. The summed E-state index contributed by atoms with van der Waals surface area (Å²) in [6.45, 7) is 0. The first kappa shape index (κ1) is 17.2. The second-order valence-corrected chi connectivity index (χ2v) is 10.6. The van der Waals surface area contributed by atoms with Gasteiger partial charge < -0.3 is 4.57 Å². The van der Waals surface area contributed by atoms with Crippen molar-refractivity contribution in [2.45, 2.75) is 0 Å². The topological polar surface area (TPSA) is 17.1 Å². The van der Waals surface area contributed by atoms with E-state index in [1.807, 2.05) is 72.8 Å². The Hall–Kier alpha value is -0.670. The molecule has 0 aliphatic rings. The fraction of sp³-hybridized carbons (Fsp3) is 0. The molecule has 0 radical (unpaired) electrons. The van der Waals surface area contributed by atoms with Crippen LogP contribution in [0.2, 0.25) is 0 Å². The zero-order chi connectivity index (χ0) is 16.4. The highest BCUT2D eigenvalue weighted by Crippen LogP contribution is 2.42. The number of rotatable bonds is 3. The van der Waals surface area contributed by atoms with Crippen LogP contribution in [0.3, 0.4) is 0 Å². The van der Waals surface area contributed by atoms with Gasteiger partial charge in [0.2, 0.25) is 0 Å². The zero-order valence-electron chi connectivity index (χ0n) is 11.9. The summed E-state index contributed by atoms with van der Waals surface area (Å²) in [5.74, 6) is 0. The van der Waals surface area contributed by atoms with E-state index in [9.17, 15) is 4.57 Å². The fourth-order valence-corrected chi connectivity index (χ4v) is 5.79. The van der Waals surface area contributed by atoms with E-state index < -0.39 is 7.14 Å². The minimum atomic E-state index is -2.90. The Morgan fingerprint density at radius 3 is 0.913 bits per heavy atom. The molecule has 5 heteroatoms. The third-order valence-electron chi connectivity index (χ3n) is 3.57. The summed E-state index contributed by atoms with van der Waals surface area (Å²) in [6.07, 6.45) is 0. The molecular formula is C18H12Br3OP. The molecule has 0 saturated heterocycles. The van der Waals surface area contributed by atoms with Crippen molar-refractivity contribution in [1.29, 1.82) is 0 Å². The van der Waals surface area contributed by atoms with Crippen LogP contribution >= 0.6 is 54.9 Å². The standard InChI is InChI=1S/C18H12Br3OP/c19-13-1-7-16(8-2-13)23(22,17-9-3-14(20)4-10-17)18-11-5-15(21)6-12-18/h1-12H. The molecule has 0 heterocycles. The van der Waals surface area contributed by atoms with Gasteiger partial charge >= 0.3 is 0 Å². The third-order valence-corrected chi connectivity index (χ3v) is 8.23. The maximum atomic E-state index is 14.1. The third kappa shape index (κ3) is 3.56. The van der Waals surface area contributed by atoms with Gasteiger partial charge in [0.1, 0.15) is 0 Å². The second kappa shape index (κ2) is 7.06. The molecule has 0 aliphatic carbocycles. The Morgan fingerprint density at radius 1 is 0.478 bits per heavy atom. The van der Waals surface area contributed by atoms with E-state index in [-0.39, 0.29) is 0 Å². The largest absolute Gasteiger partial charge is 0.309 e. The summed E-state index contributed by atoms with van der Waals surface area (Å²) in [4.78, 5) is 0. The van der Waals surface area contributed by atoms with E-state index in [1.165, 1.54) is 0 Å². The first-order valence-electron chi connectivity index (χ1n) is 6.88. The maximum Gasteiger partial charge on any atom is 0.171 e. The molecule has 0 unspecified atom stereocenters. The van der Waals surface area contributed by atoms with Crippen molar-refractivity contribution in [3.63, 3.8) is 0 Å². The lowest BCUT2D eigenvalue weighted by molar-refractivity contribution is 0.592. The van der Waals surface area contributed by atoms with Gasteiger partial charge in [0.25, 0.3) is 0 Å². The quantitative estimate of drug-likeness (QED) is 0.415. The monoisotopic (exact) mass is 512 g/mol. The lowest BCUT2D eigenvalue weighted by atomic mass is 10.4. The van der Waals surface area contributed by atoms with Crippen molar-refractivity contribution in [3.05, 3.63) is 86.2 Å². The summed E-state index contributed by atoms with van der Waals surface area (Å²) in [5.41, 5.74) is 0. The predicted octanol–water partition coefficient (Wildman–Crippen LogP) is 5.61. The van der Waals surface area contributed by atoms with E-state index in [4.69, 9.17) is 0 Å². The van der Waals surface area contributed by atoms with Gasteiger partial charge in [0, 0.05) is 29.3 Å². The predicted molar refractivity (Wildman–Crippen MR) is 109 cm³/mol. The number of benzene rings is 3. The van der Waals surface area contributed by atoms with Gasteiger partial charge in [-0.3, -0.25) is 0 Å². The van der Waals surface area contributed by atoms with Crippen LogP contribution in [-0.4, -0.2) is 0 Å². The smallest absolute Gasteiger partial charge is 0.171 e. The molecular weight excluding hydrogens is 503 g/mol. The van der Waals surface area contributed by atoms with Crippen molar-refractivity contribution in [1.82, 2.24) is 0 Å². The van der Waals surface area contributed by atoms with Gasteiger partial charge in [-0.2, -0.15) is 0 Å². The number of halogens is 3. The molecule has 116 valence electrons. The Labute approximate surface area is 160 Å². The Kier molecular flexibility index (Phi) is 5.27. The Morgan fingerprint density at radius 2 is 0.696 bits per heavy atom. The number of hydrogen-bond acceptors (Lipinski definition) is 1. The molecule has 0 atom stereocenters. The summed E-state index contributed by atoms with van der Waals surface area (Å²) >= 11 is 10.3. The Bertz CT molecular complexity index is 739. The zero-order valence-corrected chi connectivity index (χ0v) is 17.6. The molecule has 0 bridgehead atoms. The molecule has 23 heavy (non-hydrogen) atoms. The van der Waals surface area contributed by atoms with Crippen molar-refractivity contribution in [2.24, 2.45) is 0 Å². The molecule has 1 nitrogen and oxygen atoms in total. The molecule has 3 aromatic carbocycles. The van der Waals surface area contributed by atoms with Crippen molar-refractivity contribution < 1.29 is 4.57 Å². The van der Waals surface area contributed by atoms with Crippen molar-refractivity contribution in [3.8, 4) is 0 Å². The van der Waals surface area contributed by atoms with Gasteiger partial charge in [-0.05, 0) is 72.8 Å². The van der Waals surface area contributed by atoms with Crippen LogP contribution in [0.25, 0.3) is 0 Å². The first-order chi connectivity index (χ1) is 11.0. The van der Waals surface area contributed by atoms with E-state index in [1.54, 1.807) is 0 Å². The van der Waals surface area contributed by atoms with Gasteiger partial charge in [-0.25, -0.2) is 0 Å². The molecule has 0 aromatic heterocycles. The molecule has 3 aromatic rings. The minimum Gasteiger partial charge on any atom is -0.309 e. The van der Waals surface area contributed by atoms with E-state index >= 15 is 0 Å². The average Bonchev–Trinajstić information content (AvgIpc) is 2.56. The van der Waals surface area contributed by atoms with E-state index in [0.717, 1.165) is 29.3 Å². The summed E-state index contributed by atoms with van der Waals surface area (Å²) in [5, 5.41) is 2.47. The van der Waals surface area contributed by atoms with E-state index in [0.29, 0.717) is 0 Å². The molecule has 0 amide bonds. The summed E-state index contributed by atoms with van der Waals surface area (Å²) in [7, 11) is -2.90. The van der Waals surface area contributed by atoms with Crippen LogP contribution in [-0.2, 0) is 4.57 Å². The van der Waals surface area contributed by atoms with Crippen molar-refractivity contribution >= 4 is 70.8 Å². The SMILES string of the molecule is O=P(c1ccc(Br)cc1)(c1ccc(Br)cc1)c1ccc(Br)cc1. The first-order valence-corrected chi connectivity index (χ1v) is 11.0. The molecule has 0 aliphatic heterocycles. The normalized spacial score (nSPS) is 11.4. The van der Waals surface area contributed by atoms with Crippen LogP contribution in [0.4, 0.5) is 0 Å². The lowest BCUT2D eigenvalue weighted by Gasteiger charge is -2.20. The van der Waals surface area contributed by atoms with Crippen molar-refractivity contribution in [2.75, 3.05) is 0 Å². The van der Waals surface area contributed by atoms with Crippen LogP contribution < -0.4 is 15.9 Å². The molecule has 3 rings (SSSR count). The highest BCUT2D eigenvalue weighted by molar-refractivity contribution is 9.11. The van der Waals surface area contributed by atoms with Gasteiger partial charge in [0.15, 0.2) is 7.14 Å². The van der Waals surface area contributed by atoms with Gasteiger partial charge in [-0.15, -0.1) is 0 Å². The summed E-state index contributed by atoms with van der Waals surface area (Å²) in [6, 6.07) is 23.1. The molecule has 0 saturated carbocycles. The second-order valence-electron chi connectivity index (χ2n) is 5.04. The molecule has 0 N–H and O–H groups in total. The average molecular weight is 515 g/mol. The minimum absolute atomic E-state index is 0.824. The van der Waals surface area contributed by atoms with Gasteiger partial charge in [-0.1, -0.05) is 47.8 Å². The van der Waals surface area contributed by atoms with E-state index in [2.05, 4.69) is 47.8 Å².